The van der Waals surface area contributed by atoms with E-state index in [1.165, 1.54) is 26.5 Å². The summed E-state index contributed by atoms with van der Waals surface area (Å²) in [5, 5.41) is 10.8. The maximum absolute atomic E-state index is 13.6. The van der Waals surface area contributed by atoms with Crippen molar-refractivity contribution in [2.45, 2.75) is 12.3 Å². The van der Waals surface area contributed by atoms with Gasteiger partial charge in [-0.2, -0.15) is 0 Å². The molecular weight excluding hydrogens is 452 g/mol. The third-order valence-electron chi connectivity index (χ3n) is 6.18. The van der Waals surface area contributed by atoms with Crippen LogP contribution in [0, 0.1) is 0 Å². The largest absolute Gasteiger partial charge is 0.507 e. The predicted molar refractivity (Wildman–Crippen MR) is 128 cm³/mol. The van der Waals surface area contributed by atoms with E-state index in [0.29, 0.717) is 28.4 Å². The predicted octanol–water partition coefficient (Wildman–Crippen LogP) is 4.63. The van der Waals surface area contributed by atoms with Gasteiger partial charge in [-0.15, -0.1) is 0 Å². The molecule has 8 nitrogen and oxygen atoms in total. The molecule has 5 rings (SSSR count). The minimum absolute atomic E-state index is 0.00566. The molecule has 1 aliphatic rings. The number of esters is 1. The lowest BCUT2D eigenvalue weighted by molar-refractivity contribution is -0.135. The van der Waals surface area contributed by atoms with Crippen molar-refractivity contribution in [2.75, 3.05) is 21.3 Å². The van der Waals surface area contributed by atoms with Crippen LogP contribution >= 0.6 is 0 Å². The second kappa shape index (κ2) is 8.72. The summed E-state index contributed by atoms with van der Waals surface area (Å²) in [5.74, 6) is 0.385. The fourth-order valence-corrected chi connectivity index (χ4v) is 4.55. The first-order chi connectivity index (χ1) is 17.0. The van der Waals surface area contributed by atoms with Crippen LogP contribution in [0.2, 0.25) is 0 Å². The van der Waals surface area contributed by atoms with Gasteiger partial charge < -0.3 is 28.5 Å². The number of rotatable bonds is 5. The Morgan fingerprint density at radius 2 is 1.66 bits per heavy atom. The fourth-order valence-electron chi connectivity index (χ4n) is 4.55. The molecule has 0 spiro atoms. The molecule has 2 heterocycles. The van der Waals surface area contributed by atoms with Gasteiger partial charge in [0, 0.05) is 23.1 Å². The number of phenolic OH excluding ortho intramolecular Hbond substituents is 1. The number of hydrogen-bond acceptors (Lipinski definition) is 8. The number of methoxy groups -OCH3 is 3. The number of para-hydroxylation sites is 1. The number of ether oxygens (including phenoxy) is 4. The van der Waals surface area contributed by atoms with Crippen LogP contribution in [0.15, 0.2) is 64.0 Å². The summed E-state index contributed by atoms with van der Waals surface area (Å²) >= 11 is 0. The first-order valence-corrected chi connectivity index (χ1v) is 10.8. The average Bonchev–Trinajstić information content (AvgIpc) is 2.87. The number of fused-ring (bicyclic) bond motifs is 3. The molecular formula is C27H22O8. The summed E-state index contributed by atoms with van der Waals surface area (Å²) in [6, 6.07) is 13.6. The molecule has 1 N–H and O–H groups in total. The second-order valence-corrected chi connectivity index (χ2v) is 8.03. The molecule has 1 aliphatic heterocycles. The van der Waals surface area contributed by atoms with Crippen LogP contribution in [-0.4, -0.2) is 32.4 Å². The molecule has 1 aromatic heterocycles. The molecule has 0 fully saturated rings. The number of benzene rings is 3. The van der Waals surface area contributed by atoms with Crippen LogP contribution in [-0.2, 0) is 4.79 Å². The molecule has 0 saturated carbocycles. The van der Waals surface area contributed by atoms with Gasteiger partial charge >= 0.3 is 5.97 Å². The molecule has 3 aromatic carbocycles. The maximum atomic E-state index is 13.6. The van der Waals surface area contributed by atoms with E-state index in [2.05, 4.69) is 0 Å². The fraction of sp³-hybridized carbons (Fsp3) is 0.185. The zero-order valence-electron chi connectivity index (χ0n) is 19.3. The monoisotopic (exact) mass is 474 g/mol. The van der Waals surface area contributed by atoms with Gasteiger partial charge in [0.2, 0.25) is 5.43 Å². The van der Waals surface area contributed by atoms with Crippen LogP contribution in [0.1, 0.15) is 23.5 Å². The zero-order chi connectivity index (χ0) is 24.7. The van der Waals surface area contributed by atoms with Crippen molar-refractivity contribution < 1.29 is 33.3 Å². The molecule has 0 aliphatic carbocycles. The summed E-state index contributed by atoms with van der Waals surface area (Å²) in [4.78, 5) is 26.0. The normalized spacial score (nSPS) is 14.8. The highest BCUT2D eigenvalue weighted by Crippen LogP contribution is 2.47. The Bertz CT molecular complexity index is 1520. The Morgan fingerprint density at radius 3 is 2.40 bits per heavy atom. The van der Waals surface area contributed by atoms with Gasteiger partial charge in [0.05, 0.1) is 33.3 Å². The quantitative estimate of drug-likeness (QED) is 0.330. The van der Waals surface area contributed by atoms with Gasteiger partial charge in [0.1, 0.15) is 34.5 Å². The van der Waals surface area contributed by atoms with Gasteiger partial charge in [-0.05, 0) is 23.8 Å². The van der Waals surface area contributed by atoms with Gasteiger partial charge in [-0.25, -0.2) is 0 Å². The molecule has 35 heavy (non-hydrogen) atoms. The van der Waals surface area contributed by atoms with E-state index < -0.39 is 17.3 Å². The standard InChI is InChI=1S/C27H22O8/c1-31-19-7-5-4-6-15(19)16-11-23(29)35-22-12-18(28)25-26(30)17(13-34-27(25)24(16)22)14-8-9-20(32-2)21(10-14)33-3/h4-10,12-13,16,28H,11H2,1-3H3. The van der Waals surface area contributed by atoms with Crippen LogP contribution in [0.4, 0.5) is 0 Å². The van der Waals surface area contributed by atoms with Crippen molar-refractivity contribution in [2.24, 2.45) is 0 Å². The van der Waals surface area contributed by atoms with Crippen LogP contribution in [0.3, 0.4) is 0 Å². The average molecular weight is 474 g/mol. The van der Waals surface area contributed by atoms with Crippen molar-refractivity contribution in [3.8, 4) is 39.9 Å². The lowest BCUT2D eigenvalue weighted by Gasteiger charge is -2.27. The minimum Gasteiger partial charge on any atom is -0.507 e. The molecule has 0 radical (unpaired) electrons. The summed E-state index contributed by atoms with van der Waals surface area (Å²) < 4.78 is 27.5. The number of phenols is 1. The highest BCUT2D eigenvalue weighted by atomic mass is 16.5. The van der Waals surface area contributed by atoms with Crippen molar-refractivity contribution in [3.63, 3.8) is 0 Å². The summed E-state index contributed by atoms with van der Waals surface area (Å²) in [6.45, 7) is 0. The minimum atomic E-state index is -0.499. The third kappa shape index (κ3) is 3.63. The Morgan fingerprint density at radius 1 is 0.914 bits per heavy atom. The molecule has 178 valence electrons. The van der Waals surface area contributed by atoms with E-state index >= 15 is 0 Å². The summed E-state index contributed by atoms with van der Waals surface area (Å²) in [5.41, 5.74) is 1.72. The molecule has 1 atom stereocenters. The van der Waals surface area contributed by atoms with Crippen LogP contribution < -0.4 is 24.4 Å². The number of carbonyl (C=O) groups excluding carboxylic acids is 1. The lowest BCUT2D eigenvalue weighted by atomic mass is 9.84. The van der Waals surface area contributed by atoms with E-state index in [1.807, 2.05) is 18.2 Å². The first kappa shape index (κ1) is 22.3. The van der Waals surface area contributed by atoms with Crippen LogP contribution in [0.5, 0.6) is 28.7 Å². The molecule has 8 heteroatoms. The molecule has 4 aromatic rings. The lowest BCUT2D eigenvalue weighted by Crippen LogP contribution is -2.22. The molecule has 0 saturated heterocycles. The van der Waals surface area contributed by atoms with Crippen LogP contribution in [0.25, 0.3) is 22.1 Å². The van der Waals surface area contributed by atoms with E-state index in [-0.39, 0.29) is 34.5 Å². The highest BCUT2D eigenvalue weighted by Gasteiger charge is 2.35. The van der Waals surface area contributed by atoms with Crippen molar-refractivity contribution in [1.29, 1.82) is 0 Å². The summed E-state index contributed by atoms with van der Waals surface area (Å²) in [6.07, 6.45) is 1.36. The van der Waals surface area contributed by atoms with E-state index in [4.69, 9.17) is 23.4 Å². The third-order valence-corrected chi connectivity index (χ3v) is 6.18. The number of carbonyl (C=O) groups is 1. The van der Waals surface area contributed by atoms with E-state index in [1.54, 1.807) is 31.4 Å². The number of hydrogen-bond donors (Lipinski definition) is 1. The van der Waals surface area contributed by atoms with Crippen molar-refractivity contribution >= 4 is 16.9 Å². The van der Waals surface area contributed by atoms with Crippen molar-refractivity contribution in [3.05, 3.63) is 76.1 Å². The second-order valence-electron chi connectivity index (χ2n) is 8.03. The summed E-state index contributed by atoms with van der Waals surface area (Å²) in [7, 11) is 4.57. The Labute approximate surface area is 200 Å². The van der Waals surface area contributed by atoms with Gasteiger partial charge in [-0.3, -0.25) is 9.59 Å². The molecule has 1 unspecified atom stereocenters. The molecule has 0 amide bonds. The van der Waals surface area contributed by atoms with Gasteiger partial charge in [-0.1, -0.05) is 24.3 Å². The topological polar surface area (TPSA) is 104 Å². The molecule has 0 bridgehead atoms. The Balaban J connectivity index is 1.76. The maximum Gasteiger partial charge on any atom is 0.312 e. The van der Waals surface area contributed by atoms with E-state index in [9.17, 15) is 14.7 Å². The number of aromatic hydroxyl groups is 1. The first-order valence-electron chi connectivity index (χ1n) is 10.8. The van der Waals surface area contributed by atoms with Crippen molar-refractivity contribution in [1.82, 2.24) is 0 Å². The zero-order valence-corrected chi connectivity index (χ0v) is 19.3. The van der Waals surface area contributed by atoms with Gasteiger partial charge in [0.25, 0.3) is 0 Å². The van der Waals surface area contributed by atoms with Gasteiger partial charge in [0.15, 0.2) is 11.5 Å². The van der Waals surface area contributed by atoms with E-state index in [0.717, 1.165) is 5.56 Å². The SMILES string of the molecule is COc1ccc(-c2coc3c4c(cc(O)c3c2=O)OC(=O)CC4c2ccccc2OC)cc1OC. The highest BCUT2D eigenvalue weighted by molar-refractivity contribution is 5.94. The Kier molecular flexibility index (Phi) is 5.56. The smallest absolute Gasteiger partial charge is 0.312 e. The Hall–Kier alpha value is -4.46.